The van der Waals surface area contributed by atoms with Gasteiger partial charge in [-0.2, -0.15) is 0 Å². The Balaban J connectivity index is 0.00000242. The molecule has 4 heteroatoms. The fourth-order valence-electron chi connectivity index (χ4n) is 3.35. The number of halogens is 1. The van der Waals surface area contributed by atoms with Crippen molar-refractivity contribution >= 4 is 18.3 Å². The molecule has 0 aromatic heterocycles. The predicted molar refractivity (Wildman–Crippen MR) is 94.4 cm³/mol. The van der Waals surface area contributed by atoms with Crippen LogP contribution in [0.15, 0.2) is 24.3 Å². The molecule has 1 saturated carbocycles. The number of hydrogen-bond acceptors (Lipinski definition) is 2. The molecule has 1 amide bonds. The molecule has 2 unspecified atom stereocenters. The van der Waals surface area contributed by atoms with E-state index < -0.39 is 0 Å². The summed E-state index contributed by atoms with van der Waals surface area (Å²) in [4.78, 5) is 12.3. The van der Waals surface area contributed by atoms with Crippen LogP contribution in [0, 0.1) is 12.8 Å². The van der Waals surface area contributed by atoms with Crippen molar-refractivity contribution in [3.8, 4) is 0 Å². The van der Waals surface area contributed by atoms with Crippen molar-refractivity contribution in [1.82, 2.24) is 5.32 Å². The number of carbonyl (C=O) groups excluding carboxylic acids is 1. The van der Waals surface area contributed by atoms with Crippen LogP contribution in [-0.2, 0) is 10.2 Å². The van der Waals surface area contributed by atoms with Gasteiger partial charge in [0.25, 0.3) is 0 Å². The number of hydrogen-bond donors (Lipinski definition) is 2. The molecule has 0 bridgehead atoms. The minimum Gasteiger partial charge on any atom is -0.355 e. The zero-order valence-corrected chi connectivity index (χ0v) is 14.7. The summed E-state index contributed by atoms with van der Waals surface area (Å²) in [5.74, 6) is 0.272. The van der Waals surface area contributed by atoms with Gasteiger partial charge in [0.05, 0.1) is 0 Å². The van der Waals surface area contributed by atoms with Gasteiger partial charge in [0.2, 0.25) is 5.91 Å². The van der Waals surface area contributed by atoms with Crippen LogP contribution < -0.4 is 11.1 Å². The van der Waals surface area contributed by atoms with E-state index in [-0.39, 0.29) is 35.7 Å². The quantitative estimate of drug-likeness (QED) is 0.892. The summed E-state index contributed by atoms with van der Waals surface area (Å²) < 4.78 is 0. The topological polar surface area (TPSA) is 55.1 Å². The molecule has 1 aromatic rings. The smallest absolute Gasteiger partial charge is 0.223 e. The Kier molecular flexibility index (Phi) is 6.89. The molecule has 2 rings (SSSR count). The summed E-state index contributed by atoms with van der Waals surface area (Å²) >= 11 is 0. The maximum Gasteiger partial charge on any atom is 0.223 e. The molecule has 22 heavy (non-hydrogen) atoms. The Bertz CT molecular complexity index is 502. The van der Waals surface area contributed by atoms with Gasteiger partial charge >= 0.3 is 0 Å². The first kappa shape index (κ1) is 19.0. The van der Waals surface area contributed by atoms with Crippen LogP contribution in [0.4, 0.5) is 0 Å². The van der Waals surface area contributed by atoms with Gasteiger partial charge in [0, 0.05) is 23.9 Å². The van der Waals surface area contributed by atoms with Crippen LogP contribution in [-0.4, -0.2) is 18.5 Å². The molecule has 124 valence electrons. The van der Waals surface area contributed by atoms with E-state index in [1.54, 1.807) is 0 Å². The SMILES string of the molecule is Cc1ccccc1C(C)(C)CNC(=O)C1CCCC(N)C1.Cl. The molecular formula is C18H29ClN2O. The molecule has 1 aromatic carbocycles. The highest BCUT2D eigenvalue weighted by Gasteiger charge is 2.28. The summed E-state index contributed by atoms with van der Waals surface area (Å²) in [6.07, 6.45) is 3.93. The summed E-state index contributed by atoms with van der Waals surface area (Å²) in [6, 6.07) is 8.58. The van der Waals surface area contributed by atoms with Crippen molar-refractivity contribution in [3.63, 3.8) is 0 Å². The first-order chi connectivity index (χ1) is 9.90. The number of nitrogens with two attached hydrogens (primary N) is 1. The zero-order chi connectivity index (χ0) is 15.5. The lowest BCUT2D eigenvalue weighted by molar-refractivity contribution is -0.126. The first-order valence-corrected chi connectivity index (χ1v) is 7.99. The Hall–Kier alpha value is -1.06. The zero-order valence-electron chi connectivity index (χ0n) is 13.9. The van der Waals surface area contributed by atoms with Crippen LogP contribution >= 0.6 is 12.4 Å². The van der Waals surface area contributed by atoms with E-state index >= 15 is 0 Å². The average molecular weight is 325 g/mol. The summed E-state index contributed by atoms with van der Waals surface area (Å²) in [5, 5.41) is 3.14. The molecule has 3 nitrogen and oxygen atoms in total. The van der Waals surface area contributed by atoms with Gasteiger partial charge in [-0.15, -0.1) is 12.4 Å². The van der Waals surface area contributed by atoms with E-state index in [1.165, 1.54) is 11.1 Å². The molecule has 0 radical (unpaired) electrons. The third-order valence-corrected chi connectivity index (χ3v) is 4.66. The minimum atomic E-state index is -0.0578. The highest BCUT2D eigenvalue weighted by molar-refractivity contribution is 5.85. The Morgan fingerprint density at radius 2 is 2.00 bits per heavy atom. The Morgan fingerprint density at radius 3 is 2.64 bits per heavy atom. The standard InChI is InChI=1S/C18H28N2O.ClH/c1-13-7-4-5-10-16(13)18(2,3)12-20-17(21)14-8-6-9-15(19)11-14;/h4-5,7,10,14-15H,6,8-9,11-12,19H2,1-3H3,(H,20,21);1H. The molecule has 0 heterocycles. The summed E-state index contributed by atoms with van der Waals surface area (Å²) in [6.45, 7) is 7.16. The molecule has 3 N–H and O–H groups in total. The van der Waals surface area contributed by atoms with Crippen molar-refractivity contribution in [1.29, 1.82) is 0 Å². The molecule has 0 aliphatic heterocycles. The lowest BCUT2D eigenvalue weighted by Gasteiger charge is -2.30. The molecular weight excluding hydrogens is 296 g/mol. The van der Waals surface area contributed by atoms with E-state index in [4.69, 9.17) is 5.73 Å². The minimum absolute atomic E-state index is 0. The van der Waals surface area contributed by atoms with Crippen LogP contribution in [0.25, 0.3) is 0 Å². The first-order valence-electron chi connectivity index (χ1n) is 7.99. The lowest BCUT2D eigenvalue weighted by Crippen LogP contribution is -2.42. The van der Waals surface area contributed by atoms with E-state index in [9.17, 15) is 4.79 Å². The van der Waals surface area contributed by atoms with Gasteiger partial charge in [0.1, 0.15) is 0 Å². The molecule has 2 atom stereocenters. The van der Waals surface area contributed by atoms with Gasteiger partial charge in [-0.25, -0.2) is 0 Å². The van der Waals surface area contributed by atoms with Gasteiger partial charge in [0.15, 0.2) is 0 Å². The van der Waals surface area contributed by atoms with E-state index in [0.717, 1.165) is 25.7 Å². The van der Waals surface area contributed by atoms with Crippen LogP contribution in [0.1, 0.15) is 50.7 Å². The van der Waals surface area contributed by atoms with Crippen molar-refractivity contribution in [3.05, 3.63) is 35.4 Å². The van der Waals surface area contributed by atoms with E-state index in [0.29, 0.717) is 6.54 Å². The molecule has 1 aliphatic carbocycles. The normalized spacial score (nSPS) is 21.8. The lowest BCUT2D eigenvalue weighted by atomic mass is 9.81. The van der Waals surface area contributed by atoms with Crippen LogP contribution in [0.3, 0.4) is 0 Å². The summed E-state index contributed by atoms with van der Waals surface area (Å²) in [7, 11) is 0. The van der Waals surface area contributed by atoms with Crippen molar-refractivity contribution < 1.29 is 4.79 Å². The second-order valence-corrected chi connectivity index (χ2v) is 7.04. The van der Waals surface area contributed by atoms with Gasteiger partial charge in [-0.3, -0.25) is 4.79 Å². The predicted octanol–water partition coefficient (Wildman–Crippen LogP) is 3.33. The maximum atomic E-state index is 12.3. The van der Waals surface area contributed by atoms with Crippen molar-refractivity contribution in [2.75, 3.05) is 6.54 Å². The number of aryl methyl sites for hydroxylation is 1. The highest BCUT2D eigenvalue weighted by Crippen LogP contribution is 2.27. The number of nitrogens with one attached hydrogen (secondary N) is 1. The maximum absolute atomic E-state index is 12.3. The summed E-state index contributed by atoms with van der Waals surface area (Å²) in [5.41, 5.74) is 8.49. The van der Waals surface area contributed by atoms with Gasteiger partial charge < -0.3 is 11.1 Å². The Morgan fingerprint density at radius 1 is 1.32 bits per heavy atom. The molecule has 1 aliphatic rings. The number of rotatable bonds is 4. The number of carbonyl (C=O) groups is 1. The molecule has 1 fully saturated rings. The third kappa shape index (κ3) is 4.72. The van der Waals surface area contributed by atoms with E-state index in [2.05, 4.69) is 50.4 Å². The van der Waals surface area contributed by atoms with Crippen molar-refractivity contribution in [2.45, 2.75) is 57.9 Å². The molecule has 0 saturated heterocycles. The van der Waals surface area contributed by atoms with Gasteiger partial charge in [-0.1, -0.05) is 44.5 Å². The highest BCUT2D eigenvalue weighted by atomic mass is 35.5. The fraction of sp³-hybridized carbons (Fsp3) is 0.611. The number of benzene rings is 1. The molecule has 0 spiro atoms. The monoisotopic (exact) mass is 324 g/mol. The van der Waals surface area contributed by atoms with E-state index in [1.807, 2.05) is 0 Å². The van der Waals surface area contributed by atoms with Crippen LogP contribution in [0.2, 0.25) is 0 Å². The largest absolute Gasteiger partial charge is 0.355 e. The average Bonchev–Trinajstić information content (AvgIpc) is 2.45. The Labute approximate surface area is 140 Å². The van der Waals surface area contributed by atoms with Crippen LogP contribution in [0.5, 0.6) is 0 Å². The second kappa shape index (κ2) is 7.98. The van der Waals surface area contributed by atoms with Crippen molar-refractivity contribution in [2.24, 2.45) is 11.7 Å². The number of amides is 1. The van der Waals surface area contributed by atoms with Gasteiger partial charge in [-0.05, 0) is 37.3 Å². The third-order valence-electron chi connectivity index (χ3n) is 4.66. The second-order valence-electron chi connectivity index (χ2n) is 7.04. The fourth-order valence-corrected chi connectivity index (χ4v) is 3.35.